The van der Waals surface area contributed by atoms with Gasteiger partial charge in [0.2, 0.25) is 11.8 Å². The second-order valence-electron chi connectivity index (χ2n) is 11.2. The maximum atomic E-state index is 14.5. The van der Waals surface area contributed by atoms with Gasteiger partial charge in [-0.05, 0) is 66.4 Å². The first-order chi connectivity index (χ1) is 21.7. The van der Waals surface area contributed by atoms with Crippen LogP contribution in [0.3, 0.4) is 0 Å². The highest BCUT2D eigenvalue weighted by molar-refractivity contribution is 9.10. The number of rotatable bonds is 12. The Morgan fingerprint density at radius 3 is 2.16 bits per heavy atom. The van der Waals surface area contributed by atoms with Crippen LogP contribution in [0.1, 0.15) is 36.8 Å². The molecule has 0 saturated heterocycles. The minimum Gasteiger partial charge on any atom is -0.352 e. The van der Waals surface area contributed by atoms with Gasteiger partial charge >= 0.3 is 0 Å². The predicted octanol–water partition coefficient (Wildman–Crippen LogP) is 7.00. The molecule has 2 amide bonds. The molecule has 1 saturated carbocycles. The van der Waals surface area contributed by atoms with E-state index in [9.17, 15) is 18.0 Å². The molecule has 45 heavy (non-hydrogen) atoms. The van der Waals surface area contributed by atoms with Crippen molar-refractivity contribution < 1.29 is 18.0 Å². The minimum atomic E-state index is -4.18. The third kappa shape index (κ3) is 8.54. The SMILES string of the molecule is O=C(NC1CCCC1)C(Cc1ccccc1)N(Cc1cccc(Br)c1)C(=O)CN(c1cccc(Cl)c1)S(=O)(=O)c1ccccc1. The summed E-state index contributed by atoms with van der Waals surface area (Å²) in [6, 6.07) is 30.6. The molecule has 1 atom stereocenters. The lowest BCUT2D eigenvalue weighted by Crippen LogP contribution is -2.54. The van der Waals surface area contributed by atoms with E-state index in [1.807, 2.05) is 54.6 Å². The van der Waals surface area contributed by atoms with E-state index in [0.717, 1.165) is 45.6 Å². The van der Waals surface area contributed by atoms with E-state index in [2.05, 4.69) is 21.2 Å². The average Bonchev–Trinajstić information content (AvgIpc) is 3.55. The maximum absolute atomic E-state index is 14.5. The van der Waals surface area contributed by atoms with Gasteiger partial charge in [-0.25, -0.2) is 8.42 Å². The number of carbonyl (C=O) groups excluding carboxylic acids is 2. The summed E-state index contributed by atoms with van der Waals surface area (Å²) in [5, 5.41) is 3.52. The van der Waals surface area contributed by atoms with E-state index >= 15 is 0 Å². The molecule has 0 aliphatic heterocycles. The fourth-order valence-electron chi connectivity index (χ4n) is 5.63. The van der Waals surface area contributed by atoms with Gasteiger partial charge in [0.25, 0.3) is 10.0 Å². The molecule has 0 bridgehead atoms. The van der Waals surface area contributed by atoms with Crippen molar-refractivity contribution in [2.45, 2.75) is 55.6 Å². The largest absolute Gasteiger partial charge is 0.352 e. The molecule has 0 aromatic heterocycles. The molecule has 4 aromatic carbocycles. The number of halogens is 2. The fourth-order valence-corrected chi connectivity index (χ4v) is 7.69. The van der Waals surface area contributed by atoms with Crippen LogP contribution in [-0.2, 0) is 32.6 Å². The van der Waals surface area contributed by atoms with Gasteiger partial charge in [0, 0.05) is 28.5 Å². The highest BCUT2D eigenvalue weighted by Crippen LogP contribution is 2.27. The molecule has 0 heterocycles. The Hall–Kier alpha value is -3.66. The summed E-state index contributed by atoms with van der Waals surface area (Å²) in [4.78, 5) is 30.2. The topological polar surface area (TPSA) is 86.8 Å². The maximum Gasteiger partial charge on any atom is 0.264 e. The summed E-state index contributed by atoms with van der Waals surface area (Å²) in [7, 11) is -4.18. The molecular weight excluding hydrogens is 674 g/mol. The van der Waals surface area contributed by atoms with Crippen molar-refractivity contribution in [2.75, 3.05) is 10.8 Å². The lowest BCUT2D eigenvalue weighted by molar-refractivity contribution is -0.140. The third-order valence-corrected chi connectivity index (χ3v) is 10.4. The first-order valence-electron chi connectivity index (χ1n) is 14.9. The number of carbonyl (C=O) groups is 2. The lowest BCUT2D eigenvalue weighted by atomic mass is 10.0. The van der Waals surface area contributed by atoms with Gasteiger partial charge in [-0.2, -0.15) is 0 Å². The Morgan fingerprint density at radius 2 is 1.49 bits per heavy atom. The van der Waals surface area contributed by atoms with Crippen LogP contribution in [-0.4, -0.2) is 43.8 Å². The minimum absolute atomic E-state index is 0.0381. The van der Waals surface area contributed by atoms with Gasteiger partial charge < -0.3 is 10.2 Å². The molecule has 1 unspecified atom stereocenters. The van der Waals surface area contributed by atoms with Gasteiger partial charge in [0.15, 0.2) is 0 Å². The summed E-state index contributed by atoms with van der Waals surface area (Å²) >= 11 is 9.81. The molecule has 234 valence electrons. The van der Waals surface area contributed by atoms with Crippen molar-refractivity contribution in [3.63, 3.8) is 0 Å². The van der Waals surface area contributed by atoms with Crippen LogP contribution in [0, 0.1) is 0 Å². The quantitative estimate of drug-likeness (QED) is 0.172. The molecule has 1 N–H and O–H groups in total. The van der Waals surface area contributed by atoms with Crippen LogP contribution in [0.15, 0.2) is 119 Å². The predicted molar refractivity (Wildman–Crippen MR) is 181 cm³/mol. The van der Waals surface area contributed by atoms with Crippen LogP contribution in [0.5, 0.6) is 0 Å². The van der Waals surface area contributed by atoms with E-state index in [1.165, 1.54) is 23.1 Å². The number of nitrogens with zero attached hydrogens (tertiary/aromatic N) is 2. The Kier molecular flexibility index (Phi) is 11.0. The molecular formula is C35H35BrClN3O4S. The van der Waals surface area contributed by atoms with E-state index in [4.69, 9.17) is 11.6 Å². The third-order valence-electron chi connectivity index (χ3n) is 7.92. The molecule has 1 aliphatic carbocycles. The van der Waals surface area contributed by atoms with Crippen molar-refractivity contribution in [3.8, 4) is 0 Å². The standard InChI is InChI=1S/C35H35BrClN3O4S/c36-28-14-9-13-27(21-28)24-39(33(22-26-11-3-1-4-12-26)35(42)38-30-16-7-8-17-30)34(41)25-40(31-18-10-15-29(37)23-31)45(43,44)32-19-5-2-6-20-32/h1-6,9-15,18-21,23,30,33H,7-8,16-17,22,24-25H2,(H,38,42). The monoisotopic (exact) mass is 707 g/mol. The van der Waals surface area contributed by atoms with Gasteiger partial charge in [0.05, 0.1) is 10.6 Å². The molecule has 0 radical (unpaired) electrons. The Morgan fingerprint density at radius 1 is 0.844 bits per heavy atom. The van der Waals surface area contributed by atoms with Crippen LogP contribution in [0.2, 0.25) is 5.02 Å². The first kappa shape index (κ1) is 32.7. The summed E-state index contributed by atoms with van der Waals surface area (Å²) in [6.07, 6.45) is 4.13. The Labute approximate surface area is 278 Å². The number of anilines is 1. The van der Waals surface area contributed by atoms with Gasteiger partial charge in [0.1, 0.15) is 12.6 Å². The van der Waals surface area contributed by atoms with E-state index < -0.39 is 28.5 Å². The smallest absolute Gasteiger partial charge is 0.264 e. The second kappa shape index (κ2) is 15.1. The van der Waals surface area contributed by atoms with Crippen molar-refractivity contribution >= 4 is 55.1 Å². The normalized spacial score (nSPS) is 14.1. The lowest BCUT2D eigenvalue weighted by Gasteiger charge is -2.34. The van der Waals surface area contributed by atoms with E-state index in [-0.39, 0.29) is 35.5 Å². The Balaban J connectivity index is 1.56. The molecule has 0 spiro atoms. The first-order valence-corrected chi connectivity index (χ1v) is 17.5. The molecule has 5 rings (SSSR count). The highest BCUT2D eigenvalue weighted by Gasteiger charge is 2.35. The number of nitrogens with one attached hydrogen (secondary N) is 1. The van der Waals surface area contributed by atoms with Crippen LogP contribution < -0.4 is 9.62 Å². The zero-order chi connectivity index (χ0) is 31.8. The van der Waals surface area contributed by atoms with Gasteiger partial charge in [-0.1, -0.05) is 107 Å². The molecule has 1 fully saturated rings. The van der Waals surface area contributed by atoms with Crippen molar-refractivity contribution in [1.82, 2.24) is 10.2 Å². The number of sulfonamides is 1. The van der Waals surface area contributed by atoms with Crippen molar-refractivity contribution in [2.24, 2.45) is 0 Å². The van der Waals surface area contributed by atoms with E-state index in [1.54, 1.807) is 36.4 Å². The molecule has 7 nitrogen and oxygen atoms in total. The average molecular weight is 709 g/mol. The van der Waals surface area contributed by atoms with Crippen molar-refractivity contribution in [3.05, 3.63) is 130 Å². The molecule has 10 heteroatoms. The van der Waals surface area contributed by atoms with Crippen LogP contribution in [0.4, 0.5) is 5.69 Å². The summed E-state index contributed by atoms with van der Waals surface area (Å²) in [6.45, 7) is -0.434. The second-order valence-corrected chi connectivity index (χ2v) is 14.4. The number of amides is 2. The fraction of sp³-hybridized carbons (Fsp3) is 0.257. The van der Waals surface area contributed by atoms with Gasteiger partial charge in [-0.15, -0.1) is 0 Å². The number of hydrogen-bond acceptors (Lipinski definition) is 4. The Bertz CT molecular complexity index is 1720. The van der Waals surface area contributed by atoms with Crippen molar-refractivity contribution in [1.29, 1.82) is 0 Å². The number of benzene rings is 4. The molecule has 1 aliphatic rings. The summed E-state index contributed by atoms with van der Waals surface area (Å²) in [5.74, 6) is -0.772. The van der Waals surface area contributed by atoms with Crippen LogP contribution >= 0.6 is 27.5 Å². The zero-order valence-corrected chi connectivity index (χ0v) is 27.8. The summed E-state index contributed by atoms with van der Waals surface area (Å²) < 4.78 is 30.0. The van der Waals surface area contributed by atoms with Crippen LogP contribution in [0.25, 0.3) is 0 Å². The number of hydrogen-bond donors (Lipinski definition) is 1. The summed E-state index contributed by atoms with van der Waals surface area (Å²) in [5.41, 5.74) is 1.93. The van der Waals surface area contributed by atoms with E-state index in [0.29, 0.717) is 5.02 Å². The zero-order valence-electron chi connectivity index (χ0n) is 24.7. The molecule has 4 aromatic rings. The van der Waals surface area contributed by atoms with Gasteiger partial charge in [-0.3, -0.25) is 13.9 Å². The highest BCUT2D eigenvalue weighted by atomic mass is 79.9.